The van der Waals surface area contributed by atoms with Crippen molar-refractivity contribution in [3.63, 3.8) is 0 Å². The average Bonchev–Trinajstić information content (AvgIpc) is 2.88. The molecular weight excluding hydrogens is 411 g/mol. The number of rotatable bonds is 4. The Labute approximate surface area is 156 Å². The minimum atomic E-state index is -0.555. The third kappa shape index (κ3) is 6.05. The first-order chi connectivity index (χ1) is 10.0. The van der Waals surface area contributed by atoms with Crippen LogP contribution in [0.4, 0.5) is 0 Å². The van der Waals surface area contributed by atoms with Crippen molar-refractivity contribution in [3.05, 3.63) is 0 Å². The van der Waals surface area contributed by atoms with Crippen LogP contribution in [0.2, 0.25) is 0 Å². The molecule has 1 atom stereocenters. The fourth-order valence-electron chi connectivity index (χ4n) is 2.97. The summed E-state index contributed by atoms with van der Waals surface area (Å²) >= 11 is 1.83. The summed E-state index contributed by atoms with van der Waals surface area (Å²) in [5.74, 6) is 3.55. The number of aliphatic hydroxyl groups is 1. The molecule has 5 nitrogen and oxygen atoms in total. The molecule has 0 spiro atoms. The van der Waals surface area contributed by atoms with Gasteiger partial charge in [0.2, 0.25) is 0 Å². The lowest BCUT2D eigenvalue weighted by Crippen LogP contribution is -2.55. The van der Waals surface area contributed by atoms with E-state index in [1.165, 1.54) is 6.54 Å². The van der Waals surface area contributed by atoms with E-state index in [1.807, 2.05) is 18.8 Å². The first-order valence-corrected chi connectivity index (χ1v) is 9.16. The minimum absolute atomic E-state index is 0. The summed E-state index contributed by atoms with van der Waals surface area (Å²) in [5, 5.41) is 13.8. The van der Waals surface area contributed by atoms with E-state index in [0.717, 1.165) is 56.0 Å². The number of halogens is 1. The van der Waals surface area contributed by atoms with Gasteiger partial charge in [0.05, 0.1) is 5.60 Å². The monoisotopic (exact) mass is 442 g/mol. The second kappa shape index (κ2) is 9.54. The Kier molecular flexibility index (Phi) is 8.81. The second-order valence-electron chi connectivity index (χ2n) is 6.61. The van der Waals surface area contributed by atoms with Gasteiger partial charge < -0.3 is 15.3 Å². The number of nitrogens with zero attached hydrogens (tertiary/aromatic N) is 3. The van der Waals surface area contributed by atoms with E-state index in [-0.39, 0.29) is 24.0 Å². The van der Waals surface area contributed by atoms with E-state index in [9.17, 15) is 5.11 Å². The van der Waals surface area contributed by atoms with Crippen molar-refractivity contribution in [1.29, 1.82) is 0 Å². The summed E-state index contributed by atoms with van der Waals surface area (Å²) < 4.78 is 0. The third-order valence-corrected chi connectivity index (χ3v) is 5.40. The molecule has 22 heavy (non-hydrogen) atoms. The summed E-state index contributed by atoms with van der Waals surface area (Å²) in [7, 11) is 1.83. The fraction of sp³-hybridized carbons (Fsp3) is 0.933. The van der Waals surface area contributed by atoms with Crippen molar-refractivity contribution in [3.8, 4) is 0 Å². The molecule has 2 rings (SSSR count). The molecule has 0 aromatic rings. The van der Waals surface area contributed by atoms with Crippen LogP contribution in [0.5, 0.6) is 0 Å². The van der Waals surface area contributed by atoms with Gasteiger partial charge in [-0.15, -0.1) is 24.0 Å². The van der Waals surface area contributed by atoms with Crippen LogP contribution in [-0.4, -0.2) is 84.3 Å². The number of nitrogens with one attached hydrogen (secondary N) is 1. The minimum Gasteiger partial charge on any atom is -0.387 e. The lowest BCUT2D eigenvalue weighted by Gasteiger charge is -2.37. The zero-order valence-corrected chi connectivity index (χ0v) is 17.2. The fourth-order valence-corrected chi connectivity index (χ4v) is 4.27. The molecular formula is C15H31IN4OS. The molecule has 0 radical (unpaired) electrons. The van der Waals surface area contributed by atoms with Crippen molar-refractivity contribution < 1.29 is 5.11 Å². The Morgan fingerprint density at radius 1 is 1.32 bits per heavy atom. The Balaban J connectivity index is 0.00000242. The molecule has 2 aliphatic rings. The van der Waals surface area contributed by atoms with Crippen molar-refractivity contribution in [1.82, 2.24) is 15.1 Å². The molecule has 2 heterocycles. The first kappa shape index (κ1) is 20.3. The Bertz CT molecular complexity index is 353. The van der Waals surface area contributed by atoms with E-state index in [2.05, 4.69) is 34.0 Å². The van der Waals surface area contributed by atoms with Crippen molar-refractivity contribution in [2.45, 2.75) is 25.9 Å². The van der Waals surface area contributed by atoms with Crippen LogP contribution in [0.3, 0.4) is 0 Å². The van der Waals surface area contributed by atoms with Crippen molar-refractivity contribution in [2.24, 2.45) is 10.9 Å². The molecule has 0 amide bonds. The number of hydrogen-bond donors (Lipinski definition) is 2. The van der Waals surface area contributed by atoms with Gasteiger partial charge in [0.25, 0.3) is 0 Å². The lowest BCUT2D eigenvalue weighted by atomic mass is 10.0. The molecule has 1 unspecified atom stereocenters. The van der Waals surface area contributed by atoms with Gasteiger partial charge in [0.1, 0.15) is 0 Å². The van der Waals surface area contributed by atoms with Gasteiger partial charge in [-0.25, -0.2) is 0 Å². The third-order valence-electron chi connectivity index (χ3n) is 4.17. The molecule has 2 aliphatic heterocycles. The van der Waals surface area contributed by atoms with Crippen molar-refractivity contribution in [2.75, 3.05) is 57.8 Å². The summed E-state index contributed by atoms with van der Waals surface area (Å²) in [5.41, 5.74) is -0.555. The molecule has 0 aromatic heterocycles. The molecule has 130 valence electrons. The Morgan fingerprint density at radius 3 is 2.50 bits per heavy atom. The van der Waals surface area contributed by atoms with E-state index in [0.29, 0.717) is 6.54 Å². The smallest absolute Gasteiger partial charge is 0.193 e. The summed E-state index contributed by atoms with van der Waals surface area (Å²) in [6.45, 7) is 10.5. The highest BCUT2D eigenvalue weighted by molar-refractivity contribution is 14.0. The van der Waals surface area contributed by atoms with Crippen LogP contribution in [0.25, 0.3) is 0 Å². The number of hydrogen-bond acceptors (Lipinski definition) is 4. The zero-order chi connectivity index (χ0) is 15.3. The van der Waals surface area contributed by atoms with Crippen LogP contribution >= 0.6 is 35.7 Å². The predicted molar refractivity (Wildman–Crippen MR) is 107 cm³/mol. The number of thioether (sulfide) groups is 1. The molecule has 7 heteroatoms. The SMILES string of the molecule is CN=C(NCC1(O)CCSC1)N1CCN(CC(C)C)CC1.I. The van der Waals surface area contributed by atoms with Gasteiger partial charge in [-0.3, -0.25) is 9.89 Å². The number of aliphatic imine (C=N–C) groups is 1. The maximum absolute atomic E-state index is 10.4. The zero-order valence-electron chi connectivity index (χ0n) is 14.0. The average molecular weight is 442 g/mol. The van der Waals surface area contributed by atoms with E-state index < -0.39 is 5.60 Å². The van der Waals surface area contributed by atoms with Crippen LogP contribution in [0.1, 0.15) is 20.3 Å². The Hall–Kier alpha value is 0.270. The summed E-state index contributed by atoms with van der Waals surface area (Å²) in [6, 6.07) is 0. The van der Waals surface area contributed by atoms with Crippen molar-refractivity contribution >= 4 is 41.7 Å². The predicted octanol–water partition coefficient (Wildman–Crippen LogP) is 1.32. The molecule has 0 saturated carbocycles. The Morgan fingerprint density at radius 2 is 2.00 bits per heavy atom. The largest absolute Gasteiger partial charge is 0.387 e. The lowest BCUT2D eigenvalue weighted by molar-refractivity contribution is 0.0710. The van der Waals surface area contributed by atoms with Crippen LogP contribution in [0, 0.1) is 5.92 Å². The van der Waals surface area contributed by atoms with E-state index in [1.54, 1.807) is 0 Å². The van der Waals surface area contributed by atoms with E-state index in [4.69, 9.17) is 0 Å². The molecule has 0 aliphatic carbocycles. The van der Waals surface area contributed by atoms with Gasteiger partial charge in [-0.2, -0.15) is 11.8 Å². The quantitative estimate of drug-likeness (QED) is 0.391. The molecule has 2 saturated heterocycles. The highest BCUT2D eigenvalue weighted by Crippen LogP contribution is 2.27. The first-order valence-electron chi connectivity index (χ1n) is 8.00. The van der Waals surface area contributed by atoms with E-state index >= 15 is 0 Å². The van der Waals surface area contributed by atoms with Gasteiger partial charge in [0, 0.05) is 52.1 Å². The van der Waals surface area contributed by atoms with Gasteiger partial charge >= 0.3 is 0 Å². The second-order valence-corrected chi connectivity index (χ2v) is 7.71. The normalized spacial score (nSPS) is 27.1. The highest BCUT2D eigenvalue weighted by atomic mass is 127. The molecule has 2 fully saturated rings. The summed E-state index contributed by atoms with van der Waals surface area (Å²) in [4.78, 5) is 9.22. The topological polar surface area (TPSA) is 51.1 Å². The van der Waals surface area contributed by atoms with Crippen LogP contribution < -0.4 is 5.32 Å². The summed E-state index contributed by atoms with van der Waals surface area (Å²) in [6.07, 6.45) is 0.879. The van der Waals surface area contributed by atoms with Crippen LogP contribution in [-0.2, 0) is 0 Å². The van der Waals surface area contributed by atoms with Gasteiger partial charge in [-0.1, -0.05) is 13.8 Å². The van der Waals surface area contributed by atoms with Gasteiger partial charge in [-0.05, 0) is 18.1 Å². The maximum atomic E-state index is 10.4. The highest BCUT2D eigenvalue weighted by Gasteiger charge is 2.32. The van der Waals surface area contributed by atoms with Crippen LogP contribution in [0.15, 0.2) is 4.99 Å². The maximum Gasteiger partial charge on any atom is 0.193 e. The van der Waals surface area contributed by atoms with Gasteiger partial charge in [0.15, 0.2) is 5.96 Å². The number of piperazine rings is 1. The molecule has 0 bridgehead atoms. The number of guanidine groups is 1. The molecule has 2 N–H and O–H groups in total. The molecule has 0 aromatic carbocycles. The standard InChI is InChI=1S/C15H30N4OS.HI/c1-13(2)10-18-5-7-19(8-6-18)14(16-3)17-11-15(20)4-9-21-12-15;/h13,20H,4-12H2,1-3H3,(H,16,17);1H.